The Morgan fingerprint density at radius 2 is 2.40 bits per heavy atom. The molecule has 1 aliphatic rings. The average molecular weight is 211 g/mol. The van der Waals surface area contributed by atoms with Crippen LogP contribution in [0.5, 0.6) is 0 Å². The summed E-state index contributed by atoms with van der Waals surface area (Å²) in [7, 11) is 0. The molecule has 2 atom stereocenters. The normalized spacial score (nSPS) is 25.4. The Bertz CT molecular complexity index is 216. The molecule has 1 fully saturated rings. The number of rotatable bonds is 7. The highest BCUT2D eigenvalue weighted by Gasteiger charge is 2.32. The predicted molar refractivity (Wildman–Crippen MR) is 60.8 cm³/mol. The molecule has 1 saturated heterocycles. The second-order valence-corrected chi connectivity index (χ2v) is 4.00. The van der Waals surface area contributed by atoms with Gasteiger partial charge in [0.15, 0.2) is 0 Å². The fourth-order valence-corrected chi connectivity index (χ4v) is 1.83. The highest BCUT2D eigenvalue weighted by molar-refractivity contribution is 5.82. The molecule has 1 N–H and O–H groups in total. The number of carbonyl (C=O) groups excluding carboxylic acids is 1. The number of ketones is 1. The van der Waals surface area contributed by atoms with Crippen LogP contribution in [0.4, 0.5) is 0 Å². The first-order valence-corrected chi connectivity index (χ1v) is 5.74. The zero-order valence-electron chi connectivity index (χ0n) is 9.50. The van der Waals surface area contributed by atoms with Crippen LogP contribution in [0.1, 0.15) is 26.2 Å². The van der Waals surface area contributed by atoms with Crippen molar-refractivity contribution in [1.82, 2.24) is 5.32 Å². The summed E-state index contributed by atoms with van der Waals surface area (Å²) in [6.45, 7) is 7.96. The molecule has 0 aromatic carbocycles. The van der Waals surface area contributed by atoms with Crippen LogP contribution in [0, 0.1) is 5.92 Å². The maximum atomic E-state index is 11.8. The van der Waals surface area contributed by atoms with Crippen LogP contribution in [-0.4, -0.2) is 31.6 Å². The van der Waals surface area contributed by atoms with Crippen LogP contribution in [0.15, 0.2) is 12.7 Å². The lowest BCUT2D eigenvalue weighted by atomic mass is 9.95. The number of Topliss-reactive ketones (excluding diaryl/α,β-unsaturated/α-hetero) is 1. The van der Waals surface area contributed by atoms with Crippen LogP contribution in [0.2, 0.25) is 0 Å². The molecule has 1 heterocycles. The highest BCUT2D eigenvalue weighted by Crippen LogP contribution is 2.17. The van der Waals surface area contributed by atoms with Gasteiger partial charge in [-0.05, 0) is 19.4 Å². The Hall–Kier alpha value is -0.670. The van der Waals surface area contributed by atoms with Gasteiger partial charge in [-0.15, -0.1) is 6.58 Å². The monoisotopic (exact) mass is 211 g/mol. The Morgan fingerprint density at radius 3 is 3.07 bits per heavy atom. The van der Waals surface area contributed by atoms with Gasteiger partial charge in [-0.3, -0.25) is 4.79 Å². The lowest BCUT2D eigenvalue weighted by molar-refractivity contribution is -0.123. The van der Waals surface area contributed by atoms with E-state index in [9.17, 15) is 4.79 Å². The summed E-state index contributed by atoms with van der Waals surface area (Å²) in [4.78, 5) is 11.8. The largest absolute Gasteiger partial charge is 0.379 e. The SMILES string of the molecule is C=CCCC(=O)C1COCC1NCCC. The van der Waals surface area contributed by atoms with E-state index in [-0.39, 0.29) is 12.0 Å². The molecule has 0 amide bonds. The lowest BCUT2D eigenvalue weighted by Crippen LogP contribution is -2.39. The highest BCUT2D eigenvalue weighted by atomic mass is 16.5. The fraction of sp³-hybridized carbons (Fsp3) is 0.750. The Labute approximate surface area is 91.9 Å². The van der Waals surface area contributed by atoms with Crippen molar-refractivity contribution in [3.8, 4) is 0 Å². The predicted octanol–water partition coefficient (Wildman–Crippen LogP) is 1.54. The number of hydrogen-bond acceptors (Lipinski definition) is 3. The minimum Gasteiger partial charge on any atom is -0.379 e. The van der Waals surface area contributed by atoms with Gasteiger partial charge in [0, 0.05) is 12.5 Å². The van der Waals surface area contributed by atoms with Crippen molar-refractivity contribution >= 4 is 5.78 Å². The van der Waals surface area contributed by atoms with E-state index in [2.05, 4.69) is 18.8 Å². The van der Waals surface area contributed by atoms with Crippen molar-refractivity contribution in [1.29, 1.82) is 0 Å². The molecule has 1 aliphatic heterocycles. The van der Waals surface area contributed by atoms with E-state index < -0.39 is 0 Å². The van der Waals surface area contributed by atoms with Gasteiger partial charge in [0.2, 0.25) is 0 Å². The third-order valence-corrected chi connectivity index (χ3v) is 2.75. The van der Waals surface area contributed by atoms with Gasteiger partial charge in [-0.1, -0.05) is 13.0 Å². The number of hydrogen-bond donors (Lipinski definition) is 1. The fourth-order valence-electron chi connectivity index (χ4n) is 1.83. The van der Waals surface area contributed by atoms with Crippen LogP contribution in [0.3, 0.4) is 0 Å². The van der Waals surface area contributed by atoms with E-state index in [1.807, 2.05) is 0 Å². The maximum Gasteiger partial charge on any atom is 0.140 e. The second kappa shape index (κ2) is 6.75. The first-order valence-electron chi connectivity index (χ1n) is 5.74. The van der Waals surface area contributed by atoms with E-state index in [0.29, 0.717) is 25.4 Å². The van der Waals surface area contributed by atoms with Gasteiger partial charge >= 0.3 is 0 Å². The lowest BCUT2D eigenvalue weighted by Gasteiger charge is -2.17. The topological polar surface area (TPSA) is 38.3 Å². The second-order valence-electron chi connectivity index (χ2n) is 4.00. The molecule has 0 aromatic rings. The summed E-state index contributed by atoms with van der Waals surface area (Å²) < 4.78 is 5.36. The number of nitrogens with one attached hydrogen (secondary N) is 1. The van der Waals surface area contributed by atoms with Crippen molar-refractivity contribution < 1.29 is 9.53 Å². The summed E-state index contributed by atoms with van der Waals surface area (Å²) in [5.74, 6) is 0.359. The molecule has 0 bridgehead atoms. The van der Waals surface area contributed by atoms with Crippen molar-refractivity contribution in [3.63, 3.8) is 0 Å². The van der Waals surface area contributed by atoms with Crippen LogP contribution >= 0.6 is 0 Å². The summed E-state index contributed by atoms with van der Waals surface area (Å²) >= 11 is 0. The van der Waals surface area contributed by atoms with Crippen molar-refractivity contribution in [2.75, 3.05) is 19.8 Å². The Morgan fingerprint density at radius 1 is 1.60 bits per heavy atom. The molecule has 15 heavy (non-hydrogen) atoms. The van der Waals surface area contributed by atoms with Gasteiger partial charge in [-0.2, -0.15) is 0 Å². The number of allylic oxidation sites excluding steroid dienone is 1. The van der Waals surface area contributed by atoms with Gasteiger partial charge in [0.25, 0.3) is 0 Å². The molecule has 0 spiro atoms. The van der Waals surface area contributed by atoms with Crippen LogP contribution in [-0.2, 0) is 9.53 Å². The molecule has 2 unspecified atom stereocenters. The molecule has 0 saturated carbocycles. The maximum absolute atomic E-state index is 11.8. The minimum atomic E-state index is 0.0523. The van der Waals surface area contributed by atoms with Crippen LogP contribution < -0.4 is 5.32 Å². The summed E-state index contributed by atoms with van der Waals surface area (Å²) in [5, 5.41) is 3.37. The standard InChI is InChI=1S/C12H21NO2/c1-3-5-6-12(14)10-8-15-9-11(10)13-7-4-2/h3,10-11,13H,1,4-9H2,2H3. The summed E-state index contributed by atoms with van der Waals surface area (Å²) in [6, 6.07) is 0.224. The number of carbonyl (C=O) groups is 1. The van der Waals surface area contributed by atoms with Crippen LogP contribution in [0.25, 0.3) is 0 Å². The van der Waals surface area contributed by atoms with Gasteiger partial charge < -0.3 is 10.1 Å². The van der Waals surface area contributed by atoms with Gasteiger partial charge in [0.1, 0.15) is 5.78 Å². The quantitative estimate of drug-likeness (QED) is 0.649. The summed E-state index contributed by atoms with van der Waals surface area (Å²) in [5.41, 5.74) is 0. The number of ether oxygens (including phenoxy) is 1. The Balaban J connectivity index is 2.37. The van der Waals surface area contributed by atoms with E-state index >= 15 is 0 Å². The molecule has 1 rings (SSSR count). The van der Waals surface area contributed by atoms with Crippen molar-refractivity contribution in [2.45, 2.75) is 32.2 Å². The van der Waals surface area contributed by atoms with Crippen molar-refractivity contribution in [2.24, 2.45) is 5.92 Å². The van der Waals surface area contributed by atoms with E-state index in [1.54, 1.807) is 6.08 Å². The van der Waals surface area contributed by atoms with E-state index in [1.165, 1.54) is 0 Å². The molecule has 86 valence electrons. The van der Waals surface area contributed by atoms with E-state index in [0.717, 1.165) is 19.4 Å². The smallest absolute Gasteiger partial charge is 0.140 e. The zero-order chi connectivity index (χ0) is 11.1. The molecule has 0 aliphatic carbocycles. The molecular weight excluding hydrogens is 190 g/mol. The molecule has 3 nitrogen and oxygen atoms in total. The first-order chi connectivity index (χ1) is 7.29. The molecule has 0 radical (unpaired) electrons. The van der Waals surface area contributed by atoms with E-state index in [4.69, 9.17) is 4.74 Å². The molecule has 3 heteroatoms. The zero-order valence-corrected chi connectivity index (χ0v) is 9.50. The third kappa shape index (κ3) is 3.76. The first kappa shape index (κ1) is 12.4. The Kier molecular flexibility index (Phi) is 5.58. The average Bonchev–Trinajstić information content (AvgIpc) is 2.71. The van der Waals surface area contributed by atoms with Crippen molar-refractivity contribution in [3.05, 3.63) is 12.7 Å². The van der Waals surface area contributed by atoms with Gasteiger partial charge in [-0.25, -0.2) is 0 Å². The molecule has 0 aromatic heterocycles. The molecular formula is C12H21NO2. The van der Waals surface area contributed by atoms with Gasteiger partial charge in [0.05, 0.1) is 19.1 Å². The minimum absolute atomic E-state index is 0.0523. The summed E-state index contributed by atoms with van der Waals surface area (Å²) in [6.07, 6.45) is 4.25. The third-order valence-electron chi connectivity index (χ3n) is 2.75.